The van der Waals surface area contributed by atoms with Crippen LogP contribution in [0.3, 0.4) is 0 Å². The number of nitrogens with one attached hydrogen (secondary N) is 1. The number of carbonyl (C=O) groups is 1. The Morgan fingerprint density at radius 1 is 1.38 bits per heavy atom. The van der Waals surface area contributed by atoms with E-state index in [9.17, 15) is 4.79 Å². The number of amides is 1. The molecule has 0 bridgehead atoms. The molecular formula is C14H23N5O2. The Kier molecular flexibility index (Phi) is 4.50. The highest BCUT2D eigenvalue weighted by Gasteiger charge is 2.29. The van der Waals surface area contributed by atoms with Crippen LogP contribution in [0.15, 0.2) is 4.52 Å². The average Bonchev–Trinajstić information content (AvgIpc) is 3.19. The van der Waals surface area contributed by atoms with Crippen LogP contribution < -0.4 is 5.32 Å². The van der Waals surface area contributed by atoms with E-state index in [0.29, 0.717) is 12.4 Å². The van der Waals surface area contributed by atoms with Gasteiger partial charge in [0.25, 0.3) is 0 Å². The van der Waals surface area contributed by atoms with Gasteiger partial charge < -0.3 is 14.7 Å². The van der Waals surface area contributed by atoms with Gasteiger partial charge in [0.2, 0.25) is 11.8 Å². The van der Waals surface area contributed by atoms with Crippen LogP contribution in [0.1, 0.15) is 31.5 Å². The monoisotopic (exact) mass is 293 g/mol. The fourth-order valence-electron chi connectivity index (χ4n) is 2.94. The first kappa shape index (κ1) is 14.5. The summed E-state index contributed by atoms with van der Waals surface area (Å²) >= 11 is 0. The molecule has 1 aromatic heterocycles. The lowest BCUT2D eigenvalue weighted by molar-refractivity contribution is -0.134. The molecule has 0 spiro atoms. The number of piperazine rings is 1. The van der Waals surface area contributed by atoms with Crippen LogP contribution in [-0.2, 0) is 17.8 Å². The maximum Gasteiger partial charge on any atom is 0.239 e. The molecule has 0 saturated carbocycles. The third-order valence-electron chi connectivity index (χ3n) is 4.22. The molecule has 1 amide bonds. The number of hydrogen-bond donors (Lipinski definition) is 1. The number of aryl methyl sites for hydroxylation is 1. The number of rotatable bonds is 4. The predicted octanol–water partition coefficient (Wildman–Crippen LogP) is 0.0282. The Labute approximate surface area is 124 Å². The van der Waals surface area contributed by atoms with Crippen LogP contribution in [0.4, 0.5) is 0 Å². The molecule has 0 radical (unpaired) electrons. The SMILES string of the molecule is CCc1nc(CN2CCN(C(=O)C3CCCN3)CC2)no1. The minimum absolute atomic E-state index is 0.0425. The summed E-state index contributed by atoms with van der Waals surface area (Å²) in [6, 6.07) is 0.0425. The molecule has 3 rings (SSSR count). The van der Waals surface area contributed by atoms with Gasteiger partial charge in [0.05, 0.1) is 12.6 Å². The third kappa shape index (κ3) is 3.41. The zero-order valence-electron chi connectivity index (χ0n) is 12.5. The molecule has 1 N–H and O–H groups in total. The molecule has 0 aromatic carbocycles. The van der Waals surface area contributed by atoms with Crippen molar-refractivity contribution in [3.8, 4) is 0 Å². The summed E-state index contributed by atoms with van der Waals surface area (Å²) in [6.45, 7) is 6.98. The molecule has 7 nitrogen and oxygen atoms in total. The molecule has 3 heterocycles. The first-order chi connectivity index (χ1) is 10.3. The molecule has 0 aliphatic carbocycles. The van der Waals surface area contributed by atoms with E-state index in [-0.39, 0.29) is 11.9 Å². The maximum atomic E-state index is 12.3. The summed E-state index contributed by atoms with van der Waals surface area (Å²) in [7, 11) is 0. The third-order valence-corrected chi connectivity index (χ3v) is 4.22. The Hall–Kier alpha value is -1.47. The second-order valence-corrected chi connectivity index (χ2v) is 5.71. The van der Waals surface area contributed by atoms with Gasteiger partial charge in [-0.05, 0) is 19.4 Å². The Balaban J connectivity index is 1.47. The first-order valence-corrected chi connectivity index (χ1v) is 7.82. The number of carbonyl (C=O) groups excluding carboxylic acids is 1. The van der Waals surface area contributed by atoms with E-state index in [2.05, 4.69) is 20.4 Å². The number of aromatic nitrogens is 2. The van der Waals surface area contributed by atoms with Gasteiger partial charge in [0.15, 0.2) is 5.82 Å². The Morgan fingerprint density at radius 3 is 2.81 bits per heavy atom. The molecule has 21 heavy (non-hydrogen) atoms. The van der Waals surface area contributed by atoms with Crippen molar-refractivity contribution in [2.75, 3.05) is 32.7 Å². The summed E-state index contributed by atoms with van der Waals surface area (Å²) in [6.07, 6.45) is 2.85. The maximum absolute atomic E-state index is 12.3. The molecule has 2 aliphatic heterocycles. The topological polar surface area (TPSA) is 74.5 Å². The second-order valence-electron chi connectivity index (χ2n) is 5.71. The van der Waals surface area contributed by atoms with Crippen molar-refractivity contribution in [3.63, 3.8) is 0 Å². The van der Waals surface area contributed by atoms with E-state index >= 15 is 0 Å². The van der Waals surface area contributed by atoms with Crippen molar-refractivity contribution < 1.29 is 9.32 Å². The summed E-state index contributed by atoms with van der Waals surface area (Å²) < 4.78 is 5.12. The molecule has 2 saturated heterocycles. The molecule has 1 aromatic rings. The predicted molar refractivity (Wildman–Crippen MR) is 76.6 cm³/mol. The van der Waals surface area contributed by atoms with Crippen LogP contribution in [0.25, 0.3) is 0 Å². The van der Waals surface area contributed by atoms with E-state index in [0.717, 1.165) is 57.8 Å². The quantitative estimate of drug-likeness (QED) is 0.844. The second kappa shape index (κ2) is 6.53. The number of nitrogens with zero attached hydrogens (tertiary/aromatic N) is 4. The van der Waals surface area contributed by atoms with Gasteiger partial charge in [-0.15, -0.1) is 0 Å². The van der Waals surface area contributed by atoms with Crippen molar-refractivity contribution in [2.24, 2.45) is 0 Å². The lowest BCUT2D eigenvalue weighted by atomic mass is 10.2. The van der Waals surface area contributed by atoms with Gasteiger partial charge in [-0.25, -0.2) is 0 Å². The van der Waals surface area contributed by atoms with E-state index in [1.807, 2.05) is 11.8 Å². The Bertz CT molecular complexity index is 475. The number of hydrogen-bond acceptors (Lipinski definition) is 6. The summed E-state index contributed by atoms with van der Waals surface area (Å²) in [4.78, 5) is 20.9. The highest BCUT2D eigenvalue weighted by molar-refractivity contribution is 5.82. The van der Waals surface area contributed by atoms with Gasteiger partial charge in [-0.3, -0.25) is 9.69 Å². The summed E-state index contributed by atoms with van der Waals surface area (Å²) in [5.74, 6) is 1.69. The average molecular weight is 293 g/mol. The summed E-state index contributed by atoms with van der Waals surface area (Å²) in [5.41, 5.74) is 0. The lowest BCUT2D eigenvalue weighted by Crippen LogP contribution is -2.52. The summed E-state index contributed by atoms with van der Waals surface area (Å²) in [5, 5.41) is 7.26. The fourth-order valence-corrected chi connectivity index (χ4v) is 2.94. The van der Waals surface area contributed by atoms with Crippen LogP contribution >= 0.6 is 0 Å². The smallest absolute Gasteiger partial charge is 0.239 e. The standard InChI is InChI=1S/C14H23N5O2/c1-2-13-16-12(17-21-13)10-18-6-8-19(9-7-18)14(20)11-4-3-5-15-11/h11,15H,2-10H2,1H3. The fraction of sp³-hybridized carbons (Fsp3) is 0.786. The Morgan fingerprint density at radius 2 is 2.19 bits per heavy atom. The van der Waals surface area contributed by atoms with E-state index in [4.69, 9.17) is 4.52 Å². The zero-order chi connectivity index (χ0) is 14.7. The molecule has 7 heteroatoms. The van der Waals surface area contributed by atoms with Crippen LogP contribution in [0.2, 0.25) is 0 Å². The molecule has 2 aliphatic rings. The lowest BCUT2D eigenvalue weighted by Gasteiger charge is -2.35. The van der Waals surface area contributed by atoms with Crippen molar-refractivity contribution in [1.29, 1.82) is 0 Å². The van der Waals surface area contributed by atoms with Crippen molar-refractivity contribution in [1.82, 2.24) is 25.3 Å². The van der Waals surface area contributed by atoms with Gasteiger partial charge in [0.1, 0.15) is 0 Å². The van der Waals surface area contributed by atoms with Crippen molar-refractivity contribution >= 4 is 5.91 Å². The molecule has 1 unspecified atom stereocenters. The van der Waals surface area contributed by atoms with E-state index < -0.39 is 0 Å². The van der Waals surface area contributed by atoms with Crippen LogP contribution in [0, 0.1) is 0 Å². The first-order valence-electron chi connectivity index (χ1n) is 7.82. The molecular weight excluding hydrogens is 270 g/mol. The highest BCUT2D eigenvalue weighted by Crippen LogP contribution is 2.12. The van der Waals surface area contributed by atoms with Crippen molar-refractivity contribution in [2.45, 2.75) is 38.8 Å². The van der Waals surface area contributed by atoms with E-state index in [1.54, 1.807) is 0 Å². The van der Waals surface area contributed by atoms with Gasteiger partial charge in [0, 0.05) is 32.6 Å². The largest absolute Gasteiger partial charge is 0.339 e. The highest BCUT2D eigenvalue weighted by atomic mass is 16.5. The van der Waals surface area contributed by atoms with Gasteiger partial charge >= 0.3 is 0 Å². The molecule has 116 valence electrons. The van der Waals surface area contributed by atoms with E-state index in [1.165, 1.54) is 0 Å². The zero-order valence-corrected chi connectivity index (χ0v) is 12.5. The van der Waals surface area contributed by atoms with Gasteiger partial charge in [-0.1, -0.05) is 12.1 Å². The van der Waals surface area contributed by atoms with Gasteiger partial charge in [-0.2, -0.15) is 4.98 Å². The minimum Gasteiger partial charge on any atom is -0.339 e. The van der Waals surface area contributed by atoms with Crippen molar-refractivity contribution in [3.05, 3.63) is 11.7 Å². The minimum atomic E-state index is 0.0425. The molecule has 1 atom stereocenters. The normalized spacial score (nSPS) is 23.7. The van der Waals surface area contributed by atoms with Crippen LogP contribution in [-0.4, -0.2) is 64.6 Å². The van der Waals surface area contributed by atoms with Crippen LogP contribution in [0.5, 0.6) is 0 Å². The molecule has 2 fully saturated rings.